The Morgan fingerprint density at radius 2 is 1.90 bits per heavy atom. The summed E-state index contributed by atoms with van der Waals surface area (Å²) in [6.45, 7) is 6.30. The summed E-state index contributed by atoms with van der Waals surface area (Å²) in [4.78, 5) is 0. The Morgan fingerprint density at radius 3 is 2.57 bits per heavy atom. The van der Waals surface area contributed by atoms with Crippen LogP contribution in [0.4, 0.5) is 0 Å². The lowest BCUT2D eigenvalue weighted by Gasteiger charge is -2.28. The van der Waals surface area contributed by atoms with Crippen LogP contribution in [0.3, 0.4) is 0 Å². The molecule has 116 valence electrons. The zero-order valence-electron chi connectivity index (χ0n) is 13.3. The van der Waals surface area contributed by atoms with E-state index in [-0.39, 0.29) is 5.41 Å². The Labute approximate surface area is 127 Å². The monoisotopic (exact) mass is 290 g/mol. The number of hydrogen-bond donors (Lipinski definition) is 1. The number of aliphatic hydroxyl groups excluding tert-OH is 1. The van der Waals surface area contributed by atoms with Crippen molar-refractivity contribution in [2.45, 2.75) is 59.0 Å². The highest BCUT2D eigenvalue weighted by atomic mass is 16.4. The molecular formula is C18H26O3. The average molecular weight is 290 g/mol. The summed E-state index contributed by atoms with van der Waals surface area (Å²) in [7, 11) is 0. The van der Waals surface area contributed by atoms with Gasteiger partial charge in [-0.25, -0.2) is 0 Å². The first-order valence-corrected chi connectivity index (χ1v) is 7.82. The predicted octanol–water partition coefficient (Wildman–Crippen LogP) is 4.91. The number of hydrogen-bond acceptors (Lipinski definition) is 3. The molecule has 0 aliphatic heterocycles. The number of aliphatic hydroxyl groups is 1. The molecule has 0 amide bonds. The molecule has 3 heteroatoms. The fourth-order valence-electron chi connectivity index (χ4n) is 2.73. The molecule has 2 rings (SSSR count). The summed E-state index contributed by atoms with van der Waals surface area (Å²) in [6, 6.07) is 7.78. The van der Waals surface area contributed by atoms with Gasteiger partial charge in [0.1, 0.15) is 23.4 Å². The zero-order valence-corrected chi connectivity index (χ0v) is 13.3. The summed E-state index contributed by atoms with van der Waals surface area (Å²) < 4.78 is 11.1. The van der Waals surface area contributed by atoms with Crippen LogP contribution in [0.2, 0.25) is 0 Å². The van der Waals surface area contributed by atoms with Gasteiger partial charge in [-0.15, -0.1) is 0 Å². The van der Waals surface area contributed by atoms with Crippen LogP contribution in [0.25, 0.3) is 0 Å². The fourth-order valence-corrected chi connectivity index (χ4v) is 2.73. The number of rotatable bonds is 8. The van der Waals surface area contributed by atoms with Crippen molar-refractivity contribution in [3.8, 4) is 0 Å². The molecule has 0 fully saturated rings. The van der Waals surface area contributed by atoms with Gasteiger partial charge in [-0.05, 0) is 42.5 Å². The quantitative estimate of drug-likeness (QED) is 0.751. The van der Waals surface area contributed by atoms with Crippen LogP contribution in [0, 0.1) is 5.41 Å². The van der Waals surface area contributed by atoms with Gasteiger partial charge in [0, 0.05) is 12.8 Å². The van der Waals surface area contributed by atoms with Crippen LogP contribution in [0.5, 0.6) is 0 Å². The van der Waals surface area contributed by atoms with Gasteiger partial charge in [-0.1, -0.05) is 27.2 Å². The second-order valence-corrected chi connectivity index (χ2v) is 6.38. The lowest BCUT2D eigenvalue weighted by molar-refractivity contribution is 0.0242. The molecule has 21 heavy (non-hydrogen) atoms. The van der Waals surface area contributed by atoms with Gasteiger partial charge in [-0.3, -0.25) is 0 Å². The van der Waals surface area contributed by atoms with E-state index in [1.165, 1.54) is 0 Å². The summed E-state index contributed by atoms with van der Waals surface area (Å²) >= 11 is 0. The van der Waals surface area contributed by atoms with Crippen molar-refractivity contribution in [2.24, 2.45) is 5.41 Å². The van der Waals surface area contributed by atoms with Crippen LogP contribution in [-0.4, -0.2) is 5.11 Å². The van der Waals surface area contributed by atoms with Gasteiger partial charge in [0.25, 0.3) is 0 Å². The minimum atomic E-state index is -0.545. The molecule has 0 aromatic carbocycles. The van der Waals surface area contributed by atoms with Gasteiger partial charge < -0.3 is 13.9 Å². The highest BCUT2D eigenvalue weighted by Crippen LogP contribution is 2.38. The first-order chi connectivity index (χ1) is 10.0. The van der Waals surface area contributed by atoms with E-state index in [2.05, 4.69) is 20.8 Å². The second-order valence-electron chi connectivity index (χ2n) is 6.38. The Morgan fingerprint density at radius 1 is 1.14 bits per heavy atom. The van der Waals surface area contributed by atoms with Crippen LogP contribution in [0.1, 0.15) is 63.4 Å². The van der Waals surface area contributed by atoms with Crippen LogP contribution in [-0.2, 0) is 12.8 Å². The Bertz CT molecular complexity index is 522. The van der Waals surface area contributed by atoms with Crippen molar-refractivity contribution in [1.82, 2.24) is 0 Å². The molecule has 0 aliphatic carbocycles. The third-order valence-electron chi connectivity index (χ3n) is 4.01. The van der Waals surface area contributed by atoms with Gasteiger partial charge in [0.05, 0.1) is 6.26 Å². The predicted molar refractivity (Wildman–Crippen MR) is 83.1 cm³/mol. The third-order valence-corrected chi connectivity index (χ3v) is 4.01. The molecule has 0 bridgehead atoms. The molecular weight excluding hydrogens is 264 g/mol. The van der Waals surface area contributed by atoms with Crippen molar-refractivity contribution < 1.29 is 13.9 Å². The Hall–Kier alpha value is -1.48. The molecule has 2 heterocycles. The Balaban J connectivity index is 1.88. The molecule has 1 unspecified atom stereocenters. The van der Waals surface area contributed by atoms with E-state index >= 15 is 0 Å². The number of aryl methyl sites for hydroxylation is 2. The largest absolute Gasteiger partial charge is 0.469 e. The molecule has 2 aromatic rings. The zero-order chi connectivity index (χ0) is 15.3. The molecule has 0 saturated heterocycles. The smallest absolute Gasteiger partial charge is 0.133 e. The minimum Gasteiger partial charge on any atom is -0.469 e. The molecule has 0 spiro atoms. The van der Waals surface area contributed by atoms with Crippen LogP contribution in [0.15, 0.2) is 39.4 Å². The van der Waals surface area contributed by atoms with Crippen LogP contribution >= 0.6 is 0 Å². The highest BCUT2D eigenvalue weighted by Gasteiger charge is 2.30. The maximum absolute atomic E-state index is 10.5. The SMILES string of the molecule is CCCC(C)(C)C(O)c1ccc(CCCc2ccco2)o1. The third kappa shape index (κ3) is 4.24. The summed E-state index contributed by atoms with van der Waals surface area (Å²) in [5.41, 5.74) is -0.155. The maximum Gasteiger partial charge on any atom is 0.133 e. The summed E-state index contributed by atoms with van der Waals surface area (Å²) in [5.74, 6) is 2.62. The lowest BCUT2D eigenvalue weighted by Crippen LogP contribution is -2.21. The average Bonchev–Trinajstić information content (AvgIpc) is 3.09. The first kappa shape index (κ1) is 15.9. The van der Waals surface area contributed by atoms with Crippen molar-refractivity contribution in [1.29, 1.82) is 0 Å². The van der Waals surface area contributed by atoms with Crippen LogP contribution < -0.4 is 0 Å². The van der Waals surface area contributed by atoms with Gasteiger partial charge >= 0.3 is 0 Å². The minimum absolute atomic E-state index is 0.155. The lowest BCUT2D eigenvalue weighted by atomic mass is 9.81. The second kappa shape index (κ2) is 6.99. The topological polar surface area (TPSA) is 46.5 Å². The van der Waals surface area contributed by atoms with Gasteiger partial charge in [0.2, 0.25) is 0 Å². The van der Waals surface area contributed by atoms with E-state index in [0.717, 1.165) is 43.6 Å². The maximum atomic E-state index is 10.5. The van der Waals surface area contributed by atoms with Gasteiger partial charge in [0.15, 0.2) is 0 Å². The molecule has 0 aliphatic rings. The van der Waals surface area contributed by atoms with Gasteiger partial charge in [-0.2, -0.15) is 0 Å². The van der Waals surface area contributed by atoms with E-state index < -0.39 is 6.10 Å². The van der Waals surface area contributed by atoms with Crippen molar-refractivity contribution in [3.05, 3.63) is 47.8 Å². The van der Waals surface area contributed by atoms with E-state index in [1.54, 1.807) is 6.26 Å². The molecule has 0 radical (unpaired) electrons. The van der Waals surface area contributed by atoms with Crippen molar-refractivity contribution in [3.63, 3.8) is 0 Å². The first-order valence-electron chi connectivity index (χ1n) is 7.82. The van der Waals surface area contributed by atoms with E-state index in [9.17, 15) is 5.11 Å². The summed E-state index contributed by atoms with van der Waals surface area (Å²) in [6.07, 6.45) is 5.94. The molecule has 1 N–H and O–H groups in total. The van der Waals surface area contributed by atoms with Crippen molar-refractivity contribution in [2.75, 3.05) is 0 Å². The number of furan rings is 2. The standard InChI is InChI=1S/C18H26O3/c1-4-12-18(2,3)17(19)16-11-10-15(21-16)8-5-7-14-9-6-13-20-14/h6,9-11,13,17,19H,4-5,7-8,12H2,1-3H3. The molecule has 0 saturated carbocycles. The fraction of sp³-hybridized carbons (Fsp3) is 0.556. The normalized spacial score (nSPS) is 13.5. The Kier molecular flexibility index (Phi) is 5.29. The van der Waals surface area contributed by atoms with Crippen molar-refractivity contribution >= 4 is 0 Å². The van der Waals surface area contributed by atoms with E-state index in [0.29, 0.717) is 5.76 Å². The molecule has 1 atom stereocenters. The molecule has 3 nitrogen and oxygen atoms in total. The van der Waals surface area contributed by atoms with E-state index in [4.69, 9.17) is 8.83 Å². The molecule has 2 aromatic heterocycles. The van der Waals surface area contributed by atoms with E-state index in [1.807, 2.05) is 24.3 Å². The summed E-state index contributed by atoms with van der Waals surface area (Å²) in [5, 5.41) is 10.5. The highest BCUT2D eigenvalue weighted by molar-refractivity contribution is 5.12.